The Morgan fingerprint density at radius 1 is 1.12 bits per heavy atom. The molecule has 0 bridgehead atoms. The molecule has 1 aromatic carbocycles. The van der Waals surface area contributed by atoms with Crippen molar-refractivity contribution in [1.29, 1.82) is 0 Å². The molecule has 6 nitrogen and oxygen atoms in total. The molecule has 0 radical (unpaired) electrons. The minimum absolute atomic E-state index is 0.0466. The highest BCUT2D eigenvalue weighted by atomic mass is 16.6. The van der Waals surface area contributed by atoms with Gasteiger partial charge in [-0.25, -0.2) is 4.98 Å². The first-order valence-corrected chi connectivity index (χ1v) is 8.73. The van der Waals surface area contributed by atoms with E-state index in [0.29, 0.717) is 5.69 Å². The Labute approximate surface area is 148 Å². The maximum atomic E-state index is 11.1. The molecule has 2 heterocycles. The van der Waals surface area contributed by atoms with Gasteiger partial charge in [0.05, 0.1) is 4.92 Å². The molecule has 3 rings (SSSR count). The predicted molar refractivity (Wildman–Crippen MR) is 98.6 cm³/mol. The Balaban J connectivity index is 1.57. The van der Waals surface area contributed by atoms with Crippen LogP contribution in [0.1, 0.15) is 12.0 Å². The van der Waals surface area contributed by atoms with E-state index in [9.17, 15) is 10.1 Å². The van der Waals surface area contributed by atoms with Crippen LogP contribution in [0.15, 0.2) is 42.6 Å². The molecule has 0 amide bonds. The summed E-state index contributed by atoms with van der Waals surface area (Å²) in [5.41, 5.74) is 2.52. The number of likely N-dealkylation sites (N-methyl/N-ethyl adjacent to an activating group) is 1. The molecule has 1 aliphatic rings. The highest BCUT2D eigenvalue weighted by Gasteiger charge is 2.16. The second-order valence-corrected chi connectivity index (χ2v) is 6.57. The van der Waals surface area contributed by atoms with Crippen LogP contribution in [0.3, 0.4) is 0 Å². The van der Waals surface area contributed by atoms with E-state index in [1.54, 1.807) is 12.3 Å². The maximum absolute atomic E-state index is 11.1. The molecule has 0 atom stereocenters. The van der Waals surface area contributed by atoms with Gasteiger partial charge in [-0.05, 0) is 38.1 Å². The Morgan fingerprint density at radius 2 is 1.84 bits per heavy atom. The zero-order valence-electron chi connectivity index (χ0n) is 14.6. The van der Waals surface area contributed by atoms with Crippen molar-refractivity contribution in [1.82, 2.24) is 14.8 Å². The highest BCUT2D eigenvalue weighted by Crippen LogP contribution is 2.27. The SMILES string of the molecule is CN1CCN(CCCc2ccc(-c3ncccc3[N+](=O)[O-])cc2)CC1. The Bertz CT molecular complexity index is 710. The summed E-state index contributed by atoms with van der Waals surface area (Å²) >= 11 is 0. The highest BCUT2D eigenvalue weighted by molar-refractivity contribution is 5.69. The van der Waals surface area contributed by atoms with Crippen molar-refractivity contribution in [2.45, 2.75) is 12.8 Å². The Hall–Kier alpha value is -2.31. The van der Waals surface area contributed by atoms with E-state index in [4.69, 9.17) is 0 Å². The summed E-state index contributed by atoms with van der Waals surface area (Å²) in [7, 11) is 2.17. The van der Waals surface area contributed by atoms with Crippen LogP contribution in [-0.2, 0) is 6.42 Å². The number of aromatic nitrogens is 1. The van der Waals surface area contributed by atoms with Crippen molar-refractivity contribution in [3.63, 3.8) is 0 Å². The molecule has 1 saturated heterocycles. The van der Waals surface area contributed by atoms with Gasteiger partial charge < -0.3 is 9.80 Å². The molecular weight excluding hydrogens is 316 g/mol. The van der Waals surface area contributed by atoms with Crippen molar-refractivity contribution in [2.24, 2.45) is 0 Å². The first-order valence-electron chi connectivity index (χ1n) is 8.73. The average molecular weight is 340 g/mol. The van der Waals surface area contributed by atoms with Gasteiger partial charge in [-0.15, -0.1) is 0 Å². The normalized spacial score (nSPS) is 16.0. The minimum atomic E-state index is -0.383. The molecule has 6 heteroatoms. The van der Waals surface area contributed by atoms with Gasteiger partial charge in [0.1, 0.15) is 5.69 Å². The summed E-state index contributed by atoms with van der Waals surface area (Å²) in [4.78, 5) is 19.8. The van der Waals surface area contributed by atoms with Gasteiger partial charge in [0.15, 0.2) is 0 Å². The average Bonchev–Trinajstić information content (AvgIpc) is 2.64. The van der Waals surface area contributed by atoms with Crippen LogP contribution in [0.4, 0.5) is 5.69 Å². The standard InChI is InChI=1S/C19H24N4O2/c1-21-12-14-22(15-13-21)11-3-4-16-6-8-17(9-7-16)19-18(23(24)25)5-2-10-20-19/h2,5-10H,3-4,11-15H2,1H3. The predicted octanol–water partition coefficient (Wildman–Crippen LogP) is 2.84. The summed E-state index contributed by atoms with van der Waals surface area (Å²) in [6.07, 6.45) is 3.75. The number of pyridine rings is 1. The van der Waals surface area contributed by atoms with Gasteiger partial charge in [0, 0.05) is 44.0 Å². The van der Waals surface area contributed by atoms with Gasteiger partial charge in [-0.1, -0.05) is 24.3 Å². The number of hydrogen-bond donors (Lipinski definition) is 0. The number of piperazine rings is 1. The quantitative estimate of drug-likeness (QED) is 0.598. The van der Waals surface area contributed by atoms with E-state index in [1.165, 1.54) is 11.6 Å². The molecule has 0 N–H and O–H groups in total. The van der Waals surface area contributed by atoms with E-state index in [1.807, 2.05) is 12.1 Å². The third kappa shape index (κ3) is 4.61. The second kappa shape index (κ2) is 8.18. The van der Waals surface area contributed by atoms with Crippen molar-refractivity contribution in [3.8, 4) is 11.3 Å². The smallest absolute Gasteiger partial charge is 0.295 e. The fraction of sp³-hybridized carbons (Fsp3) is 0.421. The summed E-state index contributed by atoms with van der Waals surface area (Å²) in [6.45, 7) is 5.73. The van der Waals surface area contributed by atoms with Crippen molar-refractivity contribution in [2.75, 3.05) is 39.8 Å². The first kappa shape index (κ1) is 17.5. The molecule has 132 valence electrons. The van der Waals surface area contributed by atoms with Crippen LogP contribution >= 0.6 is 0 Å². The first-order chi connectivity index (χ1) is 12.1. The minimum Gasteiger partial charge on any atom is -0.304 e. The van der Waals surface area contributed by atoms with E-state index < -0.39 is 0 Å². The fourth-order valence-electron chi connectivity index (χ4n) is 3.17. The van der Waals surface area contributed by atoms with Crippen molar-refractivity contribution < 1.29 is 4.92 Å². The largest absolute Gasteiger partial charge is 0.304 e. The molecular formula is C19H24N4O2. The van der Waals surface area contributed by atoms with Crippen molar-refractivity contribution in [3.05, 3.63) is 58.3 Å². The van der Waals surface area contributed by atoms with Gasteiger partial charge in [0.25, 0.3) is 5.69 Å². The third-order valence-corrected chi connectivity index (χ3v) is 4.75. The Kier molecular flexibility index (Phi) is 5.73. The summed E-state index contributed by atoms with van der Waals surface area (Å²) in [5.74, 6) is 0. The summed E-state index contributed by atoms with van der Waals surface area (Å²) < 4.78 is 0. The Morgan fingerprint density at radius 3 is 2.52 bits per heavy atom. The number of aryl methyl sites for hydroxylation is 1. The zero-order valence-corrected chi connectivity index (χ0v) is 14.6. The fourth-order valence-corrected chi connectivity index (χ4v) is 3.17. The van der Waals surface area contributed by atoms with Crippen LogP contribution in [0.2, 0.25) is 0 Å². The molecule has 0 spiro atoms. The van der Waals surface area contributed by atoms with Gasteiger partial charge in [-0.3, -0.25) is 10.1 Å². The van der Waals surface area contributed by atoms with Crippen LogP contribution in [-0.4, -0.2) is 59.5 Å². The number of hydrogen-bond acceptors (Lipinski definition) is 5. The summed E-state index contributed by atoms with van der Waals surface area (Å²) in [6, 6.07) is 11.1. The van der Waals surface area contributed by atoms with Crippen molar-refractivity contribution >= 4 is 5.69 Å². The van der Waals surface area contributed by atoms with E-state index in [2.05, 4.69) is 34.0 Å². The van der Waals surface area contributed by atoms with E-state index in [-0.39, 0.29) is 10.6 Å². The lowest BCUT2D eigenvalue weighted by Crippen LogP contribution is -2.44. The lowest BCUT2D eigenvalue weighted by molar-refractivity contribution is -0.384. The van der Waals surface area contributed by atoms with E-state index >= 15 is 0 Å². The third-order valence-electron chi connectivity index (χ3n) is 4.75. The molecule has 2 aromatic rings. The van der Waals surface area contributed by atoms with Crippen LogP contribution in [0, 0.1) is 10.1 Å². The number of nitrogens with zero attached hydrogens (tertiary/aromatic N) is 4. The lowest BCUT2D eigenvalue weighted by atomic mass is 10.0. The number of nitro groups is 1. The molecule has 1 aliphatic heterocycles. The van der Waals surface area contributed by atoms with Crippen LogP contribution in [0.25, 0.3) is 11.3 Å². The number of benzene rings is 1. The molecule has 1 fully saturated rings. The van der Waals surface area contributed by atoms with Crippen LogP contribution in [0.5, 0.6) is 0 Å². The van der Waals surface area contributed by atoms with Gasteiger partial charge in [-0.2, -0.15) is 0 Å². The second-order valence-electron chi connectivity index (χ2n) is 6.57. The lowest BCUT2D eigenvalue weighted by Gasteiger charge is -2.32. The molecule has 0 aliphatic carbocycles. The monoisotopic (exact) mass is 340 g/mol. The zero-order chi connectivity index (χ0) is 17.6. The summed E-state index contributed by atoms with van der Waals surface area (Å²) in [5, 5.41) is 11.1. The van der Waals surface area contributed by atoms with Crippen LogP contribution < -0.4 is 0 Å². The maximum Gasteiger partial charge on any atom is 0.295 e. The topological polar surface area (TPSA) is 62.5 Å². The molecule has 0 saturated carbocycles. The number of rotatable bonds is 6. The van der Waals surface area contributed by atoms with Gasteiger partial charge in [0.2, 0.25) is 0 Å². The molecule has 0 unspecified atom stereocenters. The molecule has 1 aromatic heterocycles. The van der Waals surface area contributed by atoms with Gasteiger partial charge >= 0.3 is 0 Å². The van der Waals surface area contributed by atoms with E-state index in [0.717, 1.165) is 51.1 Å². The molecule has 25 heavy (non-hydrogen) atoms.